The van der Waals surface area contributed by atoms with Gasteiger partial charge in [0.15, 0.2) is 0 Å². The summed E-state index contributed by atoms with van der Waals surface area (Å²) in [5, 5.41) is 14.8. The summed E-state index contributed by atoms with van der Waals surface area (Å²) in [5.41, 5.74) is 2.33. The van der Waals surface area contributed by atoms with Gasteiger partial charge in [0.05, 0.1) is 36.7 Å². The zero-order chi connectivity index (χ0) is 28.0. The fourth-order valence-electron chi connectivity index (χ4n) is 5.07. The van der Waals surface area contributed by atoms with Gasteiger partial charge in [0.2, 0.25) is 0 Å². The van der Waals surface area contributed by atoms with E-state index in [4.69, 9.17) is 21.3 Å². The van der Waals surface area contributed by atoms with Crippen molar-refractivity contribution in [2.75, 3.05) is 20.2 Å². The van der Waals surface area contributed by atoms with Crippen molar-refractivity contribution >= 4 is 34.9 Å². The Bertz CT molecular complexity index is 1350. The molecule has 2 atom stereocenters. The molecule has 0 aromatic heterocycles. The van der Waals surface area contributed by atoms with E-state index in [0.29, 0.717) is 27.7 Å². The predicted molar refractivity (Wildman–Crippen MR) is 154 cm³/mol. The number of benzene rings is 3. The summed E-state index contributed by atoms with van der Waals surface area (Å²) in [6.07, 6.45) is 1.45. The molecule has 1 aliphatic rings. The van der Waals surface area contributed by atoms with Crippen molar-refractivity contribution in [3.05, 3.63) is 99.8 Å². The van der Waals surface area contributed by atoms with Crippen molar-refractivity contribution in [1.29, 1.82) is 0 Å². The van der Waals surface area contributed by atoms with E-state index >= 15 is 0 Å². The van der Waals surface area contributed by atoms with Crippen LogP contribution < -0.4 is 4.74 Å². The van der Waals surface area contributed by atoms with Crippen LogP contribution in [0.15, 0.2) is 77.8 Å². The molecule has 1 saturated heterocycles. The maximum atomic E-state index is 13.6. The number of aliphatic carboxylic acids is 1. The monoisotopic (exact) mass is 604 g/mol. The Morgan fingerprint density at radius 1 is 1.12 bits per heavy atom. The number of likely N-dealkylation sites (N-methyl/N-ethyl adjacent to an activating group) is 1. The van der Waals surface area contributed by atoms with E-state index in [1.807, 2.05) is 56.3 Å². The summed E-state index contributed by atoms with van der Waals surface area (Å²) >= 11 is 6.46. The first kappa shape index (κ1) is 31.3. The first-order chi connectivity index (χ1) is 18.7. The molecule has 1 N–H and O–H groups in total. The van der Waals surface area contributed by atoms with Crippen molar-refractivity contribution in [2.45, 2.75) is 44.7 Å². The molecule has 0 bridgehead atoms. The summed E-state index contributed by atoms with van der Waals surface area (Å²) in [4.78, 5) is 32.6. The van der Waals surface area contributed by atoms with Crippen LogP contribution in [0.5, 0.6) is 5.75 Å². The fraction of sp³-hybridized carbons (Fsp3) is 0.323. The molecule has 4 rings (SSSR count). The molecule has 1 heterocycles. The normalized spacial score (nSPS) is 18.1. The van der Waals surface area contributed by atoms with Gasteiger partial charge in [-0.15, -0.1) is 5.69 Å². The van der Waals surface area contributed by atoms with Gasteiger partial charge in [0.1, 0.15) is 5.75 Å². The molecule has 3 aromatic rings. The van der Waals surface area contributed by atoms with Crippen LogP contribution in [-0.4, -0.2) is 53.3 Å². The van der Waals surface area contributed by atoms with Crippen LogP contribution in [0.1, 0.15) is 55.8 Å². The number of likely N-dealkylation sites (tertiary alicyclic amines) is 1. The molecule has 0 aliphatic carbocycles. The number of ether oxygens (including phenoxy) is 1. The number of halogens is 1. The molecule has 7 nitrogen and oxygen atoms in total. The van der Waals surface area contributed by atoms with Gasteiger partial charge in [0, 0.05) is 27.1 Å². The minimum Gasteiger partial charge on any atom is -0.625 e. The van der Waals surface area contributed by atoms with Crippen LogP contribution >= 0.6 is 11.6 Å². The van der Waals surface area contributed by atoms with E-state index in [0.717, 1.165) is 37.1 Å². The second-order valence-corrected chi connectivity index (χ2v) is 10.2. The smallest absolute Gasteiger partial charge is 0.305 e. The molecule has 40 heavy (non-hydrogen) atoms. The number of carboxylic acids is 1. The van der Waals surface area contributed by atoms with E-state index in [1.54, 1.807) is 37.4 Å². The Morgan fingerprint density at radius 3 is 2.45 bits per heavy atom. The molecular weight excluding hydrogens is 573 g/mol. The Hall–Kier alpha value is -3.19. The van der Waals surface area contributed by atoms with Gasteiger partial charge in [-0.1, -0.05) is 67.1 Å². The van der Waals surface area contributed by atoms with Gasteiger partial charge < -0.3 is 20.0 Å². The second kappa shape index (κ2) is 13.9. The number of carbonyl (C=O) groups is 2. The molecule has 214 valence electrons. The minimum atomic E-state index is -0.980. The van der Waals surface area contributed by atoms with Crippen molar-refractivity contribution in [3.8, 4) is 5.75 Å². The number of methoxy groups -OCH3 is 1. The number of hydrogen-bond acceptors (Lipinski definition) is 5. The zero-order valence-electron chi connectivity index (χ0n) is 22.7. The first-order valence-electron chi connectivity index (χ1n) is 13.0. The molecule has 0 unspecified atom stereocenters. The third-order valence-corrected chi connectivity index (χ3v) is 7.50. The molecule has 1 amide bonds. The Balaban J connectivity index is 0.00000441. The van der Waals surface area contributed by atoms with Crippen LogP contribution in [0.4, 0.5) is 5.69 Å². The summed E-state index contributed by atoms with van der Waals surface area (Å²) < 4.78 is 5.27. The fourth-order valence-corrected chi connectivity index (χ4v) is 5.25. The quantitative estimate of drug-likeness (QED) is 0.203. The number of carbonyl (C=O) groups excluding carboxylic acids is 1. The van der Waals surface area contributed by atoms with E-state index in [2.05, 4.69) is 10.2 Å². The molecule has 3 aromatic carbocycles. The van der Waals surface area contributed by atoms with E-state index in [9.17, 15) is 14.7 Å². The van der Waals surface area contributed by atoms with Gasteiger partial charge in [-0.3, -0.25) is 14.7 Å². The number of carboxylic acid groups (broad SMARTS) is 1. The Kier molecular flexibility index (Phi) is 10.9. The first-order valence-corrected chi connectivity index (χ1v) is 13.4. The van der Waals surface area contributed by atoms with Crippen LogP contribution in [0, 0.1) is 0 Å². The molecule has 0 radical (unpaired) electrons. The van der Waals surface area contributed by atoms with Gasteiger partial charge in [0.25, 0.3) is 0 Å². The third-order valence-electron chi connectivity index (χ3n) is 7.27. The number of nitrogens with zero attached hydrogens (tertiary/aromatic N) is 3. The number of amides is 1. The number of aliphatic imine (C=N–C) groups is 1. The summed E-state index contributed by atoms with van der Waals surface area (Å²) in [6, 6.07) is 21.1. The minimum absolute atomic E-state index is 0. The standard InChI is InChI=1S/C31H34ClN3O4.Ni/c1-4-35-18-8-17-31(35,2)30(38)34-26-16-13-23(32)19-25(26)29(22-9-6-5-7-10-22)33-27(20-28(36)37)21-11-14-24(39-3)15-12-21;/h5-7,9-16,19,27H,4,8,17-18,20H2,1-3H3,(H2,33,34,36,37,38);/p-1/t27-,31+;/m0./s1. The summed E-state index contributed by atoms with van der Waals surface area (Å²) in [7, 11) is 1.58. The SMILES string of the molecule is CCN1CCC[C@]1(C)C(=O)[N-]c1ccc(Cl)cc1C(=N[C@@H](CC(=O)O)c1ccc(OC)cc1)c1ccccc1.[Ni]. The van der Waals surface area contributed by atoms with Crippen LogP contribution in [0.3, 0.4) is 0 Å². The van der Waals surface area contributed by atoms with Gasteiger partial charge >= 0.3 is 5.97 Å². The zero-order valence-corrected chi connectivity index (χ0v) is 24.5. The van der Waals surface area contributed by atoms with Crippen LogP contribution in [0.2, 0.25) is 5.02 Å². The van der Waals surface area contributed by atoms with Crippen LogP contribution in [0.25, 0.3) is 5.32 Å². The molecule has 1 aliphatic heterocycles. The largest absolute Gasteiger partial charge is 0.625 e. The maximum absolute atomic E-state index is 13.6. The summed E-state index contributed by atoms with van der Waals surface area (Å²) in [6.45, 7) is 5.62. The van der Waals surface area contributed by atoms with Crippen LogP contribution in [-0.2, 0) is 26.1 Å². The average Bonchev–Trinajstić information content (AvgIpc) is 3.34. The van der Waals surface area contributed by atoms with E-state index < -0.39 is 17.6 Å². The molecular formula is C31H33ClN3NiO4-. The molecule has 0 spiro atoms. The number of rotatable bonds is 10. The van der Waals surface area contributed by atoms with Crippen molar-refractivity contribution < 1.29 is 35.9 Å². The Morgan fingerprint density at radius 2 is 1.82 bits per heavy atom. The van der Waals surface area contributed by atoms with Crippen molar-refractivity contribution in [2.24, 2.45) is 4.99 Å². The van der Waals surface area contributed by atoms with Crippen molar-refractivity contribution in [3.63, 3.8) is 0 Å². The van der Waals surface area contributed by atoms with Gasteiger partial charge in [-0.25, -0.2) is 0 Å². The topological polar surface area (TPSA) is 93.3 Å². The Labute approximate surface area is 250 Å². The third kappa shape index (κ3) is 7.11. The van der Waals surface area contributed by atoms with E-state index in [1.165, 1.54) is 0 Å². The predicted octanol–water partition coefficient (Wildman–Crippen LogP) is 6.81. The maximum Gasteiger partial charge on any atom is 0.305 e. The van der Waals surface area contributed by atoms with E-state index in [-0.39, 0.29) is 28.8 Å². The molecule has 1 fully saturated rings. The average molecular weight is 606 g/mol. The van der Waals surface area contributed by atoms with Gasteiger partial charge in [-0.05, 0) is 68.2 Å². The van der Waals surface area contributed by atoms with Gasteiger partial charge in [-0.2, -0.15) is 0 Å². The molecule has 9 heteroatoms. The number of hydrogen-bond donors (Lipinski definition) is 1. The second-order valence-electron chi connectivity index (χ2n) is 9.77. The van der Waals surface area contributed by atoms with Crippen molar-refractivity contribution in [1.82, 2.24) is 4.90 Å². The summed E-state index contributed by atoms with van der Waals surface area (Å²) in [5.74, 6) is -0.530. The molecule has 0 saturated carbocycles.